The number of carbonyl (C=O) groups is 2. The van der Waals surface area contributed by atoms with Crippen molar-refractivity contribution in [2.75, 3.05) is 29.5 Å². The van der Waals surface area contributed by atoms with Crippen LogP contribution >= 0.6 is 11.8 Å². The number of nitriles is 1. The predicted octanol–water partition coefficient (Wildman–Crippen LogP) is 3.58. The maximum atomic E-state index is 12.9. The number of hydrogen-bond donors (Lipinski definition) is 2. The quantitative estimate of drug-likeness (QED) is 0.674. The number of benzene rings is 1. The van der Waals surface area contributed by atoms with Crippen molar-refractivity contribution < 1.29 is 9.59 Å². The van der Waals surface area contributed by atoms with Gasteiger partial charge in [0.15, 0.2) is 0 Å². The van der Waals surface area contributed by atoms with Gasteiger partial charge in [-0.3, -0.25) is 9.59 Å². The van der Waals surface area contributed by atoms with E-state index in [0.717, 1.165) is 56.0 Å². The zero-order valence-electron chi connectivity index (χ0n) is 18.6. The van der Waals surface area contributed by atoms with Crippen LogP contribution in [0.25, 0.3) is 0 Å². The molecular formula is C24H34N4O2S. The van der Waals surface area contributed by atoms with Crippen molar-refractivity contribution >= 4 is 29.3 Å². The minimum absolute atomic E-state index is 0.115. The molecule has 7 heteroatoms. The third kappa shape index (κ3) is 6.64. The van der Waals surface area contributed by atoms with Gasteiger partial charge in [0.25, 0.3) is 5.91 Å². The van der Waals surface area contributed by atoms with Gasteiger partial charge in [-0.2, -0.15) is 17.0 Å². The van der Waals surface area contributed by atoms with Gasteiger partial charge in [-0.1, -0.05) is 26.7 Å². The van der Waals surface area contributed by atoms with E-state index in [1.54, 1.807) is 0 Å². The molecule has 2 aliphatic rings. The highest BCUT2D eigenvalue weighted by Gasteiger charge is 2.33. The molecule has 2 fully saturated rings. The van der Waals surface area contributed by atoms with E-state index in [4.69, 9.17) is 0 Å². The van der Waals surface area contributed by atoms with Gasteiger partial charge in [-0.15, -0.1) is 0 Å². The molecule has 1 aromatic carbocycles. The van der Waals surface area contributed by atoms with Gasteiger partial charge in [-0.25, -0.2) is 0 Å². The molecule has 31 heavy (non-hydrogen) atoms. The van der Waals surface area contributed by atoms with Crippen LogP contribution in [0.2, 0.25) is 0 Å². The van der Waals surface area contributed by atoms with Crippen molar-refractivity contribution in [2.45, 2.75) is 58.0 Å². The van der Waals surface area contributed by atoms with E-state index in [-0.39, 0.29) is 23.8 Å². The molecule has 1 aliphatic heterocycles. The highest BCUT2D eigenvalue weighted by Crippen LogP contribution is 2.26. The summed E-state index contributed by atoms with van der Waals surface area (Å²) in [5.74, 6) is 2.07. The van der Waals surface area contributed by atoms with E-state index in [1.807, 2.05) is 49.9 Å². The third-order valence-electron chi connectivity index (χ3n) is 6.10. The molecule has 0 unspecified atom stereocenters. The zero-order chi connectivity index (χ0) is 22.2. The third-order valence-corrected chi connectivity index (χ3v) is 7.05. The average Bonchev–Trinajstić information content (AvgIpc) is 2.79. The summed E-state index contributed by atoms with van der Waals surface area (Å²) in [5, 5.41) is 15.4. The Morgan fingerprint density at radius 3 is 2.48 bits per heavy atom. The molecule has 6 nitrogen and oxygen atoms in total. The largest absolute Gasteiger partial charge is 0.370 e. The summed E-state index contributed by atoms with van der Waals surface area (Å²) in [6, 6.07) is 9.29. The Hall–Kier alpha value is -2.20. The SMILES string of the molecule is CC(C)C[C@@H](C#N)NC(=O)[C@@H]1CCCC[C@@H]1NC(=O)c1ccc(N2CCSCC2)cc1. The topological polar surface area (TPSA) is 85.2 Å². The average molecular weight is 443 g/mol. The minimum atomic E-state index is -0.480. The predicted molar refractivity (Wildman–Crippen MR) is 126 cm³/mol. The maximum Gasteiger partial charge on any atom is 0.251 e. The fourth-order valence-electron chi connectivity index (χ4n) is 4.41. The Labute approximate surface area is 190 Å². The van der Waals surface area contributed by atoms with Crippen LogP contribution in [0.1, 0.15) is 56.3 Å². The molecule has 0 radical (unpaired) electrons. The van der Waals surface area contributed by atoms with Crippen LogP contribution in [-0.4, -0.2) is 48.5 Å². The number of amides is 2. The molecule has 2 amide bonds. The van der Waals surface area contributed by atoms with Crippen molar-refractivity contribution in [1.29, 1.82) is 5.26 Å². The first-order valence-corrected chi connectivity index (χ1v) is 12.6. The normalized spacial score (nSPS) is 22.5. The molecule has 1 saturated heterocycles. The Balaban J connectivity index is 1.60. The first-order chi connectivity index (χ1) is 15.0. The van der Waals surface area contributed by atoms with Crippen LogP contribution in [-0.2, 0) is 4.79 Å². The summed E-state index contributed by atoms with van der Waals surface area (Å²) < 4.78 is 0. The Kier molecular flexibility index (Phi) is 8.65. The van der Waals surface area contributed by atoms with Gasteiger partial charge in [0.2, 0.25) is 5.91 Å². The molecule has 168 valence electrons. The molecule has 2 N–H and O–H groups in total. The molecule has 1 aromatic rings. The molecule has 0 bridgehead atoms. The lowest BCUT2D eigenvalue weighted by Crippen LogP contribution is -2.50. The molecule has 3 atom stereocenters. The summed E-state index contributed by atoms with van der Waals surface area (Å²) in [4.78, 5) is 28.1. The second-order valence-corrected chi connectivity index (χ2v) is 10.2. The molecule has 0 spiro atoms. The van der Waals surface area contributed by atoms with Gasteiger partial charge < -0.3 is 15.5 Å². The molecule has 1 heterocycles. The van der Waals surface area contributed by atoms with Crippen molar-refractivity contribution in [3.8, 4) is 6.07 Å². The van der Waals surface area contributed by atoms with E-state index in [0.29, 0.717) is 17.9 Å². The molecule has 1 aliphatic carbocycles. The summed E-state index contributed by atoms with van der Waals surface area (Å²) in [7, 11) is 0. The molecule has 0 aromatic heterocycles. The van der Waals surface area contributed by atoms with E-state index < -0.39 is 6.04 Å². The van der Waals surface area contributed by atoms with Gasteiger partial charge in [-0.05, 0) is 49.4 Å². The van der Waals surface area contributed by atoms with Crippen LogP contribution in [0, 0.1) is 23.2 Å². The van der Waals surface area contributed by atoms with Gasteiger partial charge in [0.1, 0.15) is 6.04 Å². The smallest absolute Gasteiger partial charge is 0.251 e. The Morgan fingerprint density at radius 1 is 1.16 bits per heavy atom. The molecule has 1 saturated carbocycles. The Bertz CT molecular complexity index is 784. The lowest BCUT2D eigenvalue weighted by Gasteiger charge is -2.32. The second-order valence-electron chi connectivity index (χ2n) is 8.94. The van der Waals surface area contributed by atoms with Crippen LogP contribution in [0.5, 0.6) is 0 Å². The van der Waals surface area contributed by atoms with Crippen molar-refractivity contribution in [1.82, 2.24) is 10.6 Å². The molecular weight excluding hydrogens is 408 g/mol. The molecule has 3 rings (SSSR count). The van der Waals surface area contributed by atoms with E-state index in [1.165, 1.54) is 0 Å². The van der Waals surface area contributed by atoms with E-state index in [2.05, 4.69) is 21.6 Å². The van der Waals surface area contributed by atoms with Crippen molar-refractivity contribution in [3.63, 3.8) is 0 Å². The number of thioether (sulfide) groups is 1. The fourth-order valence-corrected chi connectivity index (χ4v) is 5.31. The van der Waals surface area contributed by atoms with Gasteiger partial charge in [0.05, 0.1) is 12.0 Å². The van der Waals surface area contributed by atoms with E-state index >= 15 is 0 Å². The van der Waals surface area contributed by atoms with Gasteiger partial charge in [0, 0.05) is 41.9 Å². The number of nitrogens with zero attached hydrogens (tertiary/aromatic N) is 2. The maximum absolute atomic E-state index is 12.9. The summed E-state index contributed by atoms with van der Waals surface area (Å²) >= 11 is 1.97. The number of carbonyl (C=O) groups excluding carboxylic acids is 2. The number of anilines is 1. The minimum Gasteiger partial charge on any atom is -0.370 e. The van der Waals surface area contributed by atoms with Crippen LogP contribution in [0.15, 0.2) is 24.3 Å². The van der Waals surface area contributed by atoms with Crippen molar-refractivity contribution in [2.24, 2.45) is 11.8 Å². The highest BCUT2D eigenvalue weighted by atomic mass is 32.2. The summed E-state index contributed by atoms with van der Waals surface area (Å²) in [6.45, 7) is 6.15. The first kappa shape index (κ1) is 23.5. The van der Waals surface area contributed by atoms with Gasteiger partial charge >= 0.3 is 0 Å². The Morgan fingerprint density at radius 2 is 1.84 bits per heavy atom. The highest BCUT2D eigenvalue weighted by molar-refractivity contribution is 7.99. The van der Waals surface area contributed by atoms with Crippen LogP contribution in [0.4, 0.5) is 5.69 Å². The van der Waals surface area contributed by atoms with E-state index in [9.17, 15) is 14.9 Å². The fraction of sp³-hybridized carbons (Fsp3) is 0.625. The lowest BCUT2D eigenvalue weighted by molar-refractivity contribution is -0.127. The number of nitrogens with one attached hydrogen (secondary N) is 2. The monoisotopic (exact) mass is 442 g/mol. The lowest BCUT2D eigenvalue weighted by atomic mass is 9.83. The second kappa shape index (κ2) is 11.4. The summed E-state index contributed by atoms with van der Waals surface area (Å²) in [6.07, 6.45) is 4.12. The van der Waals surface area contributed by atoms with Crippen molar-refractivity contribution in [3.05, 3.63) is 29.8 Å². The first-order valence-electron chi connectivity index (χ1n) is 11.4. The zero-order valence-corrected chi connectivity index (χ0v) is 19.4. The van der Waals surface area contributed by atoms with Crippen LogP contribution in [0.3, 0.4) is 0 Å². The standard InChI is InChI=1S/C24H34N4O2S/c1-17(2)15-19(16-25)26-24(30)21-5-3-4-6-22(21)27-23(29)18-7-9-20(10-8-18)28-11-13-31-14-12-28/h7-10,17,19,21-22H,3-6,11-15H2,1-2H3,(H,26,30)(H,27,29)/t19-,21+,22-/m0/s1. The number of hydrogen-bond acceptors (Lipinski definition) is 5. The number of rotatable bonds is 7. The van der Waals surface area contributed by atoms with Crippen LogP contribution < -0.4 is 15.5 Å². The summed E-state index contributed by atoms with van der Waals surface area (Å²) in [5.41, 5.74) is 1.77.